The van der Waals surface area contributed by atoms with Crippen molar-refractivity contribution in [2.24, 2.45) is 4.99 Å². The van der Waals surface area contributed by atoms with Gasteiger partial charge in [0.15, 0.2) is 5.96 Å². The number of guanidine groups is 1. The van der Waals surface area contributed by atoms with E-state index in [9.17, 15) is 0 Å². The molecule has 27 heavy (non-hydrogen) atoms. The van der Waals surface area contributed by atoms with Crippen LogP contribution in [0.5, 0.6) is 0 Å². The summed E-state index contributed by atoms with van der Waals surface area (Å²) in [4.78, 5) is 6.74. The highest BCUT2D eigenvalue weighted by Gasteiger charge is 2.14. The lowest BCUT2D eigenvalue weighted by atomic mass is 10.1. The van der Waals surface area contributed by atoms with Gasteiger partial charge in [-0.25, -0.2) is 0 Å². The largest absolute Gasteiger partial charge is 0.378 e. The van der Waals surface area contributed by atoms with Gasteiger partial charge in [0, 0.05) is 38.9 Å². The Hall–Kier alpha value is -1.80. The molecule has 0 spiro atoms. The third-order valence-electron chi connectivity index (χ3n) is 4.56. The van der Waals surface area contributed by atoms with Crippen LogP contribution in [-0.2, 0) is 17.8 Å². The standard InChI is InChI=1S/C21H28N4O.HI/c1-17-6-5-7-18(14-17)15-23-21(22-2)24-16-19-8-3-4-9-20(19)25-10-12-26-13-11-25;/h3-9,14H,10-13,15-16H2,1-2H3,(H2,22,23,24);1H. The number of benzene rings is 2. The van der Waals surface area contributed by atoms with E-state index < -0.39 is 0 Å². The minimum atomic E-state index is 0. The van der Waals surface area contributed by atoms with Crippen molar-refractivity contribution in [1.29, 1.82) is 0 Å². The van der Waals surface area contributed by atoms with Gasteiger partial charge >= 0.3 is 0 Å². The Morgan fingerprint density at radius 3 is 2.52 bits per heavy atom. The first-order chi connectivity index (χ1) is 12.8. The number of nitrogens with one attached hydrogen (secondary N) is 2. The third-order valence-corrected chi connectivity index (χ3v) is 4.56. The second-order valence-electron chi connectivity index (χ2n) is 6.50. The van der Waals surface area contributed by atoms with Gasteiger partial charge in [-0.2, -0.15) is 0 Å². The Balaban J connectivity index is 0.00000261. The van der Waals surface area contributed by atoms with Crippen LogP contribution >= 0.6 is 24.0 Å². The number of aryl methyl sites for hydroxylation is 1. The predicted molar refractivity (Wildman–Crippen MR) is 123 cm³/mol. The van der Waals surface area contributed by atoms with E-state index in [0.717, 1.165) is 45.4 Å². The normalized spacial score (nSPS) is 14.4. The fourth-order valence-corrected chi connectivity index (χ4v) is 3.18. The molecular weight excluding hydrogens is 451 g/mol. The number of anilines is 1. The van der Waals surface area contributed by atoms with Gasteiger partial charge in [0.2, 0.25) is 0 Å². The molecule has 1 fully saturated rings. The van der Waals surface area contributed by atoms with E-state index in [1.54, 1.807) is 7.05 Å². The molecule has 146 valence electrons. The predicted octanol–water partition coefficient (Wildman–Crippen LogP) is 3.31. The molecule has 0 saturated carbocycles. The van der Waals surface area contributed by atoms with E-state index in [-0.39, 0.29) is 24.0 Å². The van der Waals surface area contributed by atoms with Crippen LogP contribution < -0.4 is 15.5 Å². The fourth-order valence-electron chi connectivity index (χ4n) is 3.18. The Labute approximate surface area is 179 Å². The summed E-state index contributed by atoms with van der Waals surface area (Å²) in [6, 6.07) is 17.1. The highest BCUT2D eigenvalue weighted by molar-refractivity contribution is 14.0. The fraction of sp³-hybridized carbons (Fsp3) is 0.381. The summed E-state index contributed by atoms with van der Waals surface area (Å²) in [6.07, 6.45) is 0. The Morgan fingerprint density at radius 2 is 1.78 bits per heavy atom. The number of aliphatic imine (C=N–C) groups is 1. The van der Waals surface area contributed by atoms with Crippen molar-refractivity contribution >= 4 is 35.6 Å². The van der Waals surface area contributed by atoms with Crippen LogP contribution in [0.1, 0.15) is 16.7 Å². The Kier molecular flexibility index (Phi) is 8.87. The first-order valence-electron chi connectivity index (χ1n) is 9.17. The first kappa shape index (κ1) is 21.5. The van der Waals surface area contributed by atoms with E-state index in [0.29, 0.717) is 0 Å². The molecule has 0 unspecified atom stereocenters. The maximum absolute atomic E-state index is 5.47. The van der Waals surface area contributed by atoms with Gasteiger partial charge in [-0.05, 0) is 24.1 Å². The molecule has 2 N–H and O–H groups in total. The van der Waals surface area contributed by atoms with Crippen molar-refractivity contribution in [2.45, 2.75) is 20.0 Å². The summed E-state index contributed by atoms with van der Waals surface area (Å²) >= 11 is 0. The molecule has 6 heteroatoms. The van der Waals surface area contributed by atoms with Crippen LogP contribution in [0, 0.1) is 6.92 Å². The topological polar surface area (TPSA) is 48.9 Å². The molecule has 1 aliphatic rings. The molecule has 1 aliphatic heterocycles. The van der Waals surface area contributed by atoms with Gasteiger partial charge in [0.1, 0.15) is 0 Å². The van der Waals surface area contributed by atoms with Crippen molar-refractivity contribution in [3.8, 4) is 0 Å². The summed E-state index contributed by atoms with van der Waals surface area (Å²) < 4.78 is 5.47. The number of rotatable bonds is 5. The van der Waals surface area contributed by atoms with Crippen molar-refractivity contribution in [3.63, 3.8) is 0 Å². The summed E-state index contributed by atoms with van der Waals surface area (Å²) in [5.74, 6) is 0.809. The highest BCUT2D eigenvalue weighted by Crippen LogP contribution is 2.21. The molecule has 2 aromatic rings. The molecule has 5 nitrogen and oxygen atoms in total. The van der Waals surface area contributed by atoms with Crippen LogP contribution in [-0.4, -0.2) is 39.3 Å². The van der Waals surface area contributed by atoms with Crippen molar-refractivity contribution in [2.75, 3.05) is 38.3 Å². The zero-order valence-electron chi connectivity index (χ0n) is 16.1. The van der Waals surface area contributed by atoms with Gasteiger partial charge in [0.05, 0.1) is 13.2 Å². The number of para-hydroxylation sites is 1. The molecule has 0 aromatic heterocycles. The lowest BCUT2D eigenvalue weighted by Gasteiger charge is -2.30. The molecule has 3 rings (SSSR count). The van der Waals surface area contributed by atoms with Gasteiger partial charge < -0.3 is 20.3 Å². The molecule has 1 heterocycles. The second kappa shape index (κ2) is 11.1. The van der Waals surface area contributed by atoms with Crippen LogP contribution in [0.4, 0.5) is 5.69 Å². The number of ether oxygens (including phenoxy) is 1. The zero-order chi connectivity index (χ0) is 18.2. The third kappa shape index (κ3) is 6.39. The van der Waals surface area contributed by atoms with Crippen LogP contribution in [0.3, 0.4) is 0 Å². The lowest BCUT2D eigenvalue weighted by molar-refractivity contribution is 0.122. The SMILES string of the molecule is CN=C(NCc1cccc(C)c1)NCc1ccccc1N1CCOCC1.I. The molecule has 0 atom stereocenters. The summed E-state index contributed by atoms with van der Waals surface area (Å²) in [7, 11) is 1.81. The van der Waals surface area contributed by atoms with E-state index in [1.807, 2.05) is 0 Å². The number of halogens is 1. The van der Waals surface area contributed by atoms with E-state index in [4.69, 9.17) is 4.74 Å². The summed E-state index contributed by atoms with van der Waals surface area (Å²) in [5, 5.41) is 6.82. The van der Waals surface area contributed by atoms with Crippen LogP contribution in [0.2, 0.25) is 0 Å². The van der Waals surface area contributed by atoms with Gasteiger partial charge in [-0.3, -0.25) is 4.99 Å². The molecule has 0 bridgehead atoms. The molecular formula is C21H29IN4O. The number of hydrogen-bond acceptors (Lipinski definition) is 3. The second-order valence-corrected chi connectivity index (χ2v) is 6.50. The van der Waals surface area contributed by atoms with E-state index >= 15 is 0 Å². The minimum Gasteiger partial charge on any atom is -0.378 e. The number of hydrogen-bond donors (Lipinski definition) is 2. The summed E-state index contributed by atoms with van der Waals surface area (Å²) in [6.45, 7) is 7.07. The average molecular weight is 480 g/mol. The van der Waals surface area contributed by atoms with Gasteiger partial charge in [0.25, 0.3) is 0 Å². The van der Waals surface area contributed by atoms with Crippen molar-refractivity contribution in [1.82, 2.24) is 10.6 Å². The number of nitrogens with zero attached hydrogens (tertiary/aromatic N) is 2. The maximum Gasteiger partial charge on any atom is 0.191 e. The zero-order valence-corrected chi connectivity index (χ0v) is 18.4. The lowest BCUT2D eigenvalue weighted by Crippen LogP contribution is -2.39. The monoisotopic (exact) mass is 480 g/mol. The maximum atomic E-state index is 5.47. The molecule has 0 radical (unpaired) electrons. The van der Waals surface area contributed by atoms with E-state index in [2.05, 4.69) is 76.0 Å². The van der Waals surface area contributed by atoms with Crippen molar-refractivity contribution < 1.29 is 4.74 Å². The average Bonchev–Trinajstić information content (AvgIpc) is 2.69. The van der Waals surface area contributed by atoms with Crippen molar-refractivity contribution in [3.05, 3.63) is 65.2 Å². The Morgan fingerprint density at radius 1 is 1.04 bits per heavy atom. The Bertz CT molecular complexity index is 744. The quantitative estimate of drug-likeness (QED) is 0.392. The smallest absolute Gasteiger partial charge is 0.191 e. The van der Waals surface area contributed by atoms with Crippen LogP contribution in [0.25, 0.3) is 0 Å². The van der Waals surface area contributed by atoms with Crippen LogP contribution in [0.15, 0.2) is 53.5 Å². The van der Waals surface area contributed by atoms with Gasteiger partial charge in [-0.1, -0.05) is 48.0 Å². The first-order valence-corrected chi connectivity index (χ1v) is 9.17. The summed E-state index contributed by atoms with van der Waals surface area (Å²) in [5.41, 5.74) is 5.07. The van der Waals surface area contributed by atoms with Gasteiger partial charge in [-0.15, -0.1) is 24.0 Å². The molecule has 0 amide bonds. The minimum absolute atomic E-state index is 0. The molecule has 2 aromatic carbocycles. The molecule has 0 aliphatic carbocycles. The number of morpholine rings is 1. The van der Waals surface area contributed by atoms with E-state index in [1.165, 1.54) is 22.4 Å². The highest BCUT2D eigenvalue weighted by atomic mass is 127. The molecule has 1 saturated heterocycles.